The van der Waals surface area contributed by atoms with Gasteiger partial charge in [0.05, 0.1) is 18.1 Å². The third-order valence-electron chi connectivity index (χ3n) is 5.11. The Labute approximate surface area is 153 Å². The minimum atomic E-state index is -3.60. The number of hydrogen-bond acceptors (Lipinski definition) is 5. The van der Waals surface area contributed by atoms with Gasteiger partial charge in [0.1, 0.15) is 0 Å². The molecule has 1 aromatic carbocycles. The Balaban J connectivity index is 1.44. The number of nitrogens with one attached hydrogen (secondary N) is 1. The number of carbonyl (C=O) groups excluding carboxylic acids is 1. The van der Waals surface area contributed by atoms with Crippen LogP contribution in [-0.2, 0) is 14.8 Å². The maximum absolute atomic E-state index is 13.0. The standard InChI is InChI=1S/C18H24N2O5S/c21-18(19-14-2-3-14)13-6-8-20(9-7-13)26(22,23)15-4-5-16-17(12-15)25-11-1-10-24-16/h4-5,12-14H,1-3,6-11H2,(H,19,21). The molecule has 0 bridgehead atoms. The van der Waals surface area contributed by atoms with Gasteiger partial charge < -0.3 is 14.8 Å². The molecule has 142 valence electrons. The van der Waals surface area contributed by atoms with Crippen molar-refractivity contribution in [2.45, 2.75) is 43.0 Å². The van der Waals surface area contributed by atoms with E-state index in [2.05, 4.69) is 5.32 Å². The van der Waals surface area contributed by atoms with Crippen molar-refractivity contribution in [2.75, 3.05) is 26.3 Å². The van der Waals surface area contributed by atoms with Crippen molar-refractivity contribution in [3.63, 3.8) is 0 Å². The largest absolute Gasteiger partial charge is 0.490 e. The number of piperidine rings is 1. The Bertz CT molecular complexity index is 783. The number of carbonyl (C=O) groups is 1. The van der Waals surface area contributed by atoms with Crippen molar-refractivity contribution in [3.05, 3.63) is 18.2 Å². The first kappa shape index (κ1) is 17.6. The molecule has 2 fully saturated rings. The van der Waals surface area contributed by atoms with E-state index in [4.69, 9.17) is 9.47 Å². The number of rotatable bonds is 4. The first-order valence-corrected chi connectivity index (χ1v) is 10.7. The molecule has 0 spiro atoms. The van der Waals surface area contributed by atoms with Crippen molar-refractivity contribution in [2.24, 2.45) is 5.92 Å². The number of fused-ring (bicyclic) bond motifs is 1. The molecular weight excluding hydrogens is 356 g/mol. The second kappa shape index (κ2) is 7.08. The average molecular weight is 380 g/mol. The van der Waals surface area contributed by atoms with Gasteiger partial charge >= 0.3 is 0 Å². The van der Waals surface area contributed by atoms with Crippen molar-refractivity contribution >= 4 is 15.9 Å². The first-order valence-electron chi connectivity index (χ1n) is 9.24. The lowest BCUT2D eigenvalue weighted by Crippen LogP contribution is -2.43. The summed E-state index contributed by atoms with van der Waals surface area (Å²) in [6, 6.07) is 5.10. The fourth-order valence-electron chi connectivity index (χ4n) is 3.36. The topological polar surface area (TPSA) is 84.9 Å². The fraction of sp³-hybridized carbons (Fsp3) is 0.611. The highest BCUT2D eigenvalue weighted by molar-refractivity contribution is 7.89. The third-order valence-corrected chi connectivity index (χ3v) is 7.00. The lowest BCUT2D eigenvalue weighted by atomic mass is 9.97. The molecule has 0 unspecified atom stereocenters. The lowest BCUT2D eigenvalue weighted by Gasteiger charge is -2.30. The van der Waals surface area contributed by atoms with Gasteiger partial charge in [0.15, 0.2) is 11.5 Å². The zero-order chi connectivity index (χ0) is 18.1. The van der Waals surface area contributed by atoms with Crippen molar-refractivity contribution < 1.29 is 22.7 Å². The van der Waals surface area contributed by atoms with Gasteiger partial charge in [-0.3, -0.25) is 4.79 Å². The third kappa shape index (κ3) is 3.66. The predicted octanol–water partition coefficient (Wildman–Crippen LogP) is 1.53. The van der Waals surface area contributed by atoms with Crippen LogP contribution in [0.3, 0.4) is 0 Å². The summed E-state index contributed by atoms with van der Waals surface area (Å²) in [6.07, 6.45) is 4.00. The number of ether oxygens (including phenoxy) is 2. The molecule has 0 radical (unpaired) electrons. The van der Waals surface area contributed by atoms with E-state index >= 15 is 0 Å². The number of benzene rings is 1. The molecule has 2 aliphatic heterocycles. The molecule has 1 N–H and O–H groups in total. The van der Waals surface area contributed by atoms with Crippen LogP contribution in [0.1, 0.15) is 32.1 Å². The smallest absolute Gasteiger partial charge is 0.243 e. The quantitative estimate of drug-likeness (QED) is 0.856. The molecule has 0 aromatic heterocycles. The number of amides is 1. The maximum atomic E-state index is 13.0. The van der Waals surface area contributed by atoms with Crippen LogP contribution in [0.15, 0.2) is 23.1 Å². The Hall–Kier alpha value is -1.80. The summed E-state index contributed by atoms with van der Waals surface area (Å²) in [5, 5.41) is 3.01. The van der Waals surface area contributed by atoms with Gasteiger partial charge in [0, 0.05) is 37.5 Å². The van der Waals surface area contributed by atoms with E-state index in [-0.39, 0.29) is 16.7 Å². The van der Waals surface area contributed by atoms with Gasteiger partial charge in [0.2, 0.25) is 15.9 Å². The van der Waals surface area contributed by atoms with Gasteiger partial charge in [-0.2, -0.15) is 4.31 Å². The van der Waals surface area contributed by atoms with Crippen LogP contribution in [0.25, 0.3) is 0 Å². The molecule has 4 rings (SSSR count). The Morgan fingerprint density at radius 3 is 2.42 bits per heavy atom. The highest BCUT2D eigenvalue weighted by atomic mass is 32.2. The van der Waals surface area contributed by atoms with Gasteiger partial charge in [0.25, 0.3) is 0 Å². The molecule has 1 amide bonds. The minimum Gasteiger partial charge on any atom is -0.490 e. The van der Waals surface area contributed by atoms with Gasteiger partial charge in [-0.15, -0.1) is 0 Å². The highest BCUT2D eigenvalue weighted by Gasteiger charge is 2.34. The van der Waals surface area contributed by atoms with Crippen molar-refractivity contribution in [1.29, 1.82) is 0 Å². The Kier molecular flexibility index (Phi) is 4.79. The highest BCUT2D eigenvalue weighted by Crippen LogP contribution is 2.34. The summed E-state index contributed by atoms with van der Waals surface area (Å²) < 4.78 is 38.5. The van der Waals surface area contributed by atoms with Crippen LogP contribution in [0.5, 0.6) is 11.5 Å². The summed E-state index contributed by atoms with van der Waals surface area (Å²) in [4.78, 5) is 12.4. The van der Waals surface area contributed by atoms with Crippen LogP contribution in [0, 0.1) is 5.92 Å². The summed E-state index contributed by atoms with van der Waals surface area (Å²) >= 11 is 0. The molecular formula is C18H24N2O5S. The van der Waals surface area contributed by atoms with E-state index in [1.165, 1.54) is 4.31 Å². The molecule has 1 saturated carbocycles. The van der Waals surface area contributed by atoms with Crippen LogP contribution >= 0.6 is 0 Å². The average Bonchev–Trinajstić information content (AvgIpc) is 3.47. The van der Waals surface area contributed by atoms with Gasteiger partial charge in [-0.05, 0) is 37.8 Å². The van der Waals surface area contributed by atoms with Crippen LogP contribution in [-0.4, -0.2) is 51.0 Å². The van der Waals surface area contributed by atoms with E-state index in [0.717, 1.165) is 19.3 Å². The summed E-state index contributed by atoms with van der Waals surface area (Å²) in [5.41, 5.74) is 0. The van der Waals surface area contributed by atoms with E-state index < -0.39 is 10.0 Å². The van der Waals surface area contributed by atoms with E-state index in [1.54, 1.807) is 18.2 Å². The van der Waals surface area contributed by atoms with Gasteiger partial charge in [-0.1, -0.05) is 0 Å². The zero-order valence-electron chi connectivity index (χ0n) is 14.6. The summed E-state index contributed by atoms with van der Waals surface area (Å²) in [6.45, 7) is 1.80. The molecule has 0 atom stereocenters. The van der Waals surface area contributed by atoms with Crippen LogP contribution in [0.4, 0.5) is 0 Å². The monoisotopic (exact) mass is 380 g/mol. The molecule has 8 heteroatoms. The lowest BCUT2D eigenvalue weighted by molar-refractivity contribution is -0.126. The molecule has 2 heterocycles. The maximum Gasteiger partial charge on any atom is 0.243 e. The predicted molar refractivity (Wildman–Crippen MR) is 94.7 cm³/mol. The normalized spacial score (nSPS) is 21.8. The number of nitrogens with zero attached hydrogens (tertiary/aromatic N) is 1. The number of hydrogen-bond donors (Lipinski definition) is 1. The first-order chi connectivity index (χ1) is 12.5. The molecule has 7 nitrogen and oxygen atoms in total. The van der Waals surface area contributed by atoms with Crippen LogP contribution < -0.4 is 14.8 Å². The van der Waals surface area contributed by atoms with Crippen molar-refractivity contribution in [1.82, 2.24) is 9.62 Å². The number of sulfonamides is 1. The summed E-state index contributed by atoms with van der Waals surface area (Å²) in [5.74, 6) is 1.03. The fourth-order valence-corrected chi connectivity index (χ4v) is 4.84. The molecule has 1 aliphatic carbocycles. The SMILES string of the molecule is O=C(NC1CC1)C1CCN(S(=O)(=O)c2ccc3c(c2)OCCCO3)CC1. The molecule has 1 saturated heterocycles. The van der Waals surface area contributed by atoms with Gasteiger partial charge in [-0.25, -0.2) is 8.42 Å². The van der Waals surface area contributed by atoms with Crippen LogP contribution in [0.2, 0.25) is 0 Å². The molecule has 1 aromatic rings. The second-order valence-corrected chi connectivity index (χ2v) is 9.06. The second-order valence-electron chi connectivity index (χ2n) is 7.12. The molecule has 26 heavy (non-hydrogen) atoms. The van der Waals surface area contributed by atoms with E-state index in [9.17, 15) is 13.2 Å². The Morgan fingerprint density at radius 1 is 1.04 bits per heavy atom. The zero-order valence-corrected chi connectivity index (χ0v) is 15.5. The van der Waals surface area contributed by atoms with E-state index in [0.29, 0.717) is 56.7 Å². The molecule has 3 aliphatic rings. The van der Waals surface area contributed by atoms with Crippen molar-refractivity contribution in [3.8, 4) is 11.5 Å². The summed E-state index contributed by atoms with van der Waals surface area (Å²) in [7, 11) is -3.60. The minimum absolute atomic E-state index is 0.0696. The van der Waals surface area contributed by atoms with E-state index in [1.807, 2.05) is 0 Å². The Morgan fingerprint density at radius 2 is 1.73 bits per heavy atom.